The van der Waals surface area contributed by atoms with Crippen LogP contribution in [-0.4, -0.2) is 36.3 Å². The second kappa shape index (κ2) is 6.00. The lowest BCUT2D eigenvalue weighted by molar-refractivity contribution is 0.0900. The van der Waals surface area contributed by atoms with Crippen LogP contribution in [0.15, 0.2) is 6.07 Å². The zero-order chi connectivity index (χ0) is 13.0. The summed E-state index contributed by atoms with van der Waals surface area (Å²) in [6.07, 6.45) is 2.53. The normalized spacial score (nSPS) is 23.1. The van der Waals surface area contributed by atoms with E-state index in [0.717, 1.165) is 31.7 Å². The predicted octanol–water partition coefficient (Wildman–Crippen LogP) is 2.02. The Morgan fingerprint density at radius 3 is 3.06 bits per heavy atom. The number of hydrogen-bond donors (Lipinski definition) is 1. The largest absolute Gasteiger partial charge is 0.481 e. The van der Waals surface area contributed by atoms with Gasteiger partial charge in [-0.25, -0.2) is 4.98 Å². The summed E-state index contributed by atoms with van der Waals surface area (Å²) in [5.41, 5.74) is 0.902. The van der Waals surface area contributed by atoms with E-state index in [1.165, 1.54) is 0 Å². The van der Waals surface area contributed by atoms with Gasteiger partial charge in [0.1, 0.15) is 0 Å². The van der Waals surface area contributed by atoms with Crippen LogP contribution in [0.25, 0.3) is 0 Å². The molecule has 1 aromatic heterocycles. The van der Waals surface area contributed by atoms with Crippen LogP contribution >= 0.6 is 0 Å². The van der Waals surface area contributed by atoms with E-state index in [0.29, 0.717) is 23.9 Å². The lowest BCUT2D eigenvalue weighted by Crippen LogP contribution is -2.23. The number of nitrogens with zero attached hydrogens (tertiary/aromatic N) is 2. The zero-order valence-electron chi connectivity index (χ0n) is 11.3. The summed E-state index contributed by atoms with van der Waals surface area (Å²) in [6.45, 7) is 5.81. The van der Waals surface area contributed by atoms with Crippen molar-refractivity contribution in [1.82, 2.24) is 9.97 Å². The van der Waals surface area contributed by atoms with Crippen LogP contribution in [0.2, 0.25) is 0 Å². The van der Waals surface area contributed by atoms with E-state index in [2.05, 4.69) is 22.2 Å². The Kier molecular flexibility index (Phi) is 4.36. The van der Waals surface area contributed by atoms with Crippen LogP contribution in [0.5, 0.6) is 5.88 Å². The summed E-state index contributed by atoms with van der Waals surface area (Å²) in [5, 5.41) is 3.28. The van der Waals surface area contributed by atoms with E-state index in [1.807, 2.05) is 13.0 Å². The first kappa shape index (κ1) is 13.1. The van der Waals surface area contributed by atoms with Gasteiger partial charge in [0, 0.05) is 30.8 Å². The third kappa shape index (κ3) is 3.10. The summed E-state index contributed by atoms with van der Waals surface area (Å²) in [6, 6.07) is 1.82. The number of nitrogens with one attached hydrogen (secondary N) is 1. The fourth-order valence-corrected chi connectivity index (χ4v) is 2.32. The summed E-state index contributed by atoms with van der Waals surface area (Å²) in [4.78, 5) is 8.63. The van der Waals surface area contributed by atoms with E-state index in [4.69, 9.17) is 9.47 Å². The van der Waals surface area contributed by atoms with Crippen LogP contribution in [-0.2, 0) is 4.74 Å². The maximum absolute atomic E-state index is 5.67. The lowest BCUT2D eigenvalue weighted by atomic mass is 10.00. The number of ether oxygens (including phenoxy) is 2. The second-order valence-electron chi connectivity index (χ2n) is 4.62. The molecule has 1 aromatic rings. The van der Waals surface area contributed by atoms with Crippen LogP contribution in [0.4, 0.5) is 5.95 Å². The minimum absolute atomic E-state index is 0.365. The molecule has 0 saturated carbocycles. The molecule has 2 atom stereocenters. The number of aromatic nitrogens is 2. The molecule has 1 fully saturated rings. The van der Waals surface area contributed by atoms with Gasteiger partial charge < -0.3 is 14.8 Å². The van der Waals surface area contributed by atoms with E-state index >= 15 is 0 Å². The number of rotatable bonds is 5. The monoisotopic (exact) mass is 251 g/mol. The van der Waals surface area contributed by atoms with Gasteiger partial charge in [-0.2, -0.15) is 4.98 Å². The maximum Gasteiger partial charge on any atom is 0.226 e. The number of methoxy groups -OCH3 is 1. The number of aryl methyl sites for hydroxylation is 1. The summed E-state index contributed by atoms with van der Waals surface area (Å²) in [7, 11) is 1.61. The minimum atomic E-state index is 0.365. The lowest BCUT2D eigenvalue weighted by Gasteiger charge is -2.17. The van der Waals surface area contributed by atoms with Gasteiger partial charge in [0.2, 0.25) is 11.8 Å². The van der Waals surface area contributed by atoms with Crippen LogP contribution in [0.3, 0.4) is 0 Å². The molecule has 1 saturated heterocycles. The molecule has 0 amide bonds. The van der Waals surface area contributed by atoms with Gasteiger partial charge in [0.15, 0.2) is 0 Å². The highest BCUT2D eigenvalue weighted by Crippen LogP contribution is 2.23. The molecule has 1 aliphatic heterocycles. The molecule has 0 aliphatic carbocycles. The first-order chi connectivity index (χ1) is 8.72. The van der Waals surface area contributed by atoms with Gasteiger partial charge in [-0.3, -0.25) is 0 Å². The Hall–Kier alpha value is -1.36. The Bertz CT molecular complexity index is 398. The average molecular weight is 251 g/mol. The van der Waals surface area contributed by atoms with E-state index < -0.39 is 0 Å². The van der Waals surface area contributed by atoms with Crippen molar-refractivity contribution < 1.29 is 9.47 Å². The molecule has 1 N–H and O–H groups in total. The molecule has 5 nitrogen and oxygen atoms in total. The van der Waals surface area contributed by atoms with Crippen LogP contribution in [0.1, 0.15) is 25.5 Å². The van der Waals surface area contributed by atoms with Crippen molar-refractivity contribution >= 4 is 5.95 Å². The Morgan fingerprint density at radius 2 is 2.33 bits per heavy atom. The van der Waals surface area contributed by atoms with Crippen molar-refractivity contribution in [2.45, 2.75) is 32.8 Å². The van der Waals surface area contributed by atoms with Crippen molar-refractivity contribution in [1.29, 1.82) is 0 Å². The smallest absolute Gasteiger partial charge is 0.226 e. The molecule has 2 rings (SSSR count). The molecular formula is C13H21N3O2. The van der Waals surface area contributed by atoms with Gasteiger partial charge in [0.05, 0.1) is 13.2 Å². The van der Waals surface area contributed by atoms with Gasteiger partial charge in [-0.05, 0) is 19.8 Å². The Morgan fingerprint density at radius 1 is 1.50 bits per heavy atom. The van der Waals surface area contributed by atoms with E-state index in [-0.39, 0.29) is 0 Å². The first-order valence-electron chi connectivity index (χ1n) is 6.48. The zero-order valence-corrected chi connectivity index (χ0v) is 11.3. The van der Waals surface area contributed by atoms with Crippen LogP contribution in [0, 0.1) is 12.8 Å². The van der Waals surface area contributed by atoms with Crippen LogP contribution < -0.4 is 10.1 Å². The first-order valence-corrected chi connectivity index (χ1v) is 6.48. The summed E-state index contributed by atoms with van der Waals surface area (Å²) in [5.74, 6) is 1.78. The molecule has 1 aliphatic rings. The molecule has 5 heteroatoms. The topological polar surface area (TPSA) is 56.3 Å². The Labute approximate surface area is 108 Å². The fraction of sp³-hybridized carbons (Fsp3) is 0.692. The molecule has 0 radical (unpaired) electrons. The van der Waals surface area contributed by atoms with Gasteiger partial charge in [-0.15, -0.1) is 0 Å². The average Bonchev–Trinajstić information content (AvgIpc) is 2.83. The van der Waals surface area contributed by atoms with Crippen molar-refractivity contribution in [2.75, 3.05) is 25.6 Å². The molecule has 0 aromatic carbocycles. The van der Waals surface area contributed by atoms with Gasteiger partial charge in [0.25, 0.3) is 0 Å². The molecule has 100 valence electrons. The minimum Gasteiger partial charge on any atom is -0.481 e. The third-order valence-corrected chi connectivity index (χ3v) is 3.31. The van der Waals surface area contributed by atoms with Crippen molar-refractivity contribution in [3.63, 3.8) is 0 Å². The fourth-order valence-electron chi connectivity index (χ4n) is 2.32. The van der Waals surface area contributed by atoms with E-state index in [9.17, 15) is 0 Å². The van der Waals surface area contributed by atoms with Crippen molar-refractivity contribution in [2.24, 2.45) is 5.92 Å². The standard InChI is InChI=1S/C13H21N3O2/c1-4-11-10(5-6-18-11)8-14-13-15-9(2)7-12(16-13)17-3/h7,10-11H,4-6,8H2,1-3H3,(H,14,15,16). The van der Waals surface area contributed by atoms with E-state index in [1.54, 1.807) is 7.11 Å². The second-order valence-corrected chi connectivity index (χ2v) is 4.62. The molecule has 2 unspecified atom stereocenters. The summed E-state index contributed by atoms with van der Waals surface area (Å²) >= 11 is 0. The molecule has 0 spiro atoms. The Balaban J connectivity index is 1.95. The maximum atomic E-state index is 5.67. The highest BCUT2D eigenvalue weighted by molar-refractivity contribution is 5.30. The number of hydrogen-bond acceptors (Lipinski definition) is 5. The molecule has 0 bridgehead atoms. The van der Waals surface area contributed by atoms with Gasteiger partial charge in [-0.1, -0.05) is 6.92 Å². The molecule has 2 heterocycles. The van der Waals surface area contributed by atoms with Crippen molar-refractivity contribution in [3.05, 3.63) is 11.8 Å². The van der Waals surface area contributed by atoms with Gasteiger partial charge >= 0.3 is 0 Å². The quantitative estimate of drug-likeness (QED) is 0.867. The number of anilines is 1. The highest BCUT2D eigenvalue weighted by atomic mass is 16.5. The third-order valence-electron chi connectivity index (χ3n) is 3.31. The van der Waals surface area contributed by atoms with Crippen molar-refractivity contribution in [3.8, 4) is 5.88 Å². The summed E-state index contributed by atoms with van der Waals surface area (Å²) < 4.78 is 10.8. The SMILES string of the molecule is CCC1OCCC1CNc1nc(C)cc(OC)n1. The highest BCUT2D eigenvalue weighted by Gasteiger charge is 2.26. The molecule has 18 heavy (non-hydrogen) atoms. The predicted molar refractivity (Wildman–Crippen MR) is 69.9 cm³/mol. The molecular weight excluding hydrogens is 230 g/mol.